The van der Waals surface area contributed by atoms with E-state index in [4.69, 9.17) is 5.21 Å². The highest BCUT2D eigenvalue weighted by atomic mass is 19.1. The predicted octanol–water partition coefficient (Wildman–Crippen LogP) is 2.40. The van der Waals surface area contributed by atoms with E-state index < -0.39 is 11.6 Å². The predicted molar refractivity (Wildman–Crippen MR) is 57.8 cm³/mol. The van der Waals surface area contributed by atoms with E-state index in [1.54, 1.807) is 25.9 Å². The van der Waals surface area contributed by atoms with Gasteiger partial charge in [0, 0.05) is 17.2 Å². The van der Waals surface area contributed by atoms with Crippen LogP contribution in [0.3, 0.4) is 0 Å². The Morgan fingerprint density at radius 2 is 1.88 bits per heavy atom. The molecule has 0 aliphatic rings. The summed E-state index contributed by atoms with van der Waals surface area (Å²) in [5, 5.41) is 11.2. The topological polar surface area (TPSA) is 35.8 Å². The smallest absolute Gasteiger partial charge is 0.132 e. The van der Waals surface area contributed by atoms with Crippen molar-refractivity contribution in [3.63, 3.8) is 0 Å². The molecule has 1 unspecified atom stereocenters. The standard InChI is InChI=1S/C11H14F2N2O/c1-7(15(2)3)11-8(6-14-16)9(12)4-5-10(11)13/h4-7,16H,1-3H3/b14-6+. The lowest BCUT2D eigenvalue weighted by Gasteiger charge is -2.22. The third-order valence-electron chi connectivity index (χ3n) is 2.56. The average molecular weight is 228 g/mol. The molecule has 3 nitrogen and oxygen atoms in total. The van der Waals surface area contributed by atoms with E-state index >= 15 is 0 Å². The highest BCUT2D eigenvalue weighted by Crippen LogP contribution is 2.25. The molecule has 16 heavy (non-hydrogen) atoms. The van der Waals surface area contributed by atoms with Crippen molar-refractivity contribution in [3.05, 3.63) is 34.9 Å². The quantitative estimate of drug-likeness (QED) is 0.490. The zero-order chi connectivity index (χ0) is 12.3. The van der Waals surface area contributed by atoms with Crippen LogP contribution in [0.1, 0.15) is 24.1 Å². The van der Waals surface area contributed by atoms with Gasteiger partial charge in [-0.1, -0.05) is 5.16 Å². The minimum atomic E-state index is -0.608. The van der Waals surface area contributed by atoms with Crippen LogP contribution in [0.25, 0.3) is 0 Å². The molecule has 0 heterocycles. The fraction of sp³-hybridized carbons (Fsp3) is 0.364. The number of oxime groups is 1. The second-order valence-corrected chi connectivity index (χ2v) is 3.74. The van der Waals surface area contributed by atoms with Gasteiger partial charge in [0.1, 0.15) is 11.6 Å². The Morgan fingerprint density at radius 1 is 1.31 bits per heavy atom. The molecule has 0 amide bonds. The normalized spacial score (nSPS) is 13.6. The van der Waals surface area contributed by atoms with Crippen molar-refractivity contribution < 1.29 is 14.0 Å². The first-order valence-corrected chi connectivity index (χ1v) is 4.80. The Morgan fingerprint density at radius 3 is 2.38 bits per heavy atom. The summed E-state index contributed by atoms with van der Waals surface area (Å²) < 4.78 is 27.1. The highest BCUT2D eigenvalue weighted by molar-refractivity contribution is 5.82. The fourth-order valence-electron chi connectivity index (χ4n) is 1.45. The van der Waals surface area contributed by atoms with E-state index in [2.05, 4.69) is 5.16 Å². The lowest BCUT2D eigenvalue weighted by atomic mass is 10.00. The first-order chi connectivity index (χ1) is 7.49. The van der Waals surface area contributed by atoms with Gasteiger partial charge >= 0.3 is 0 Å². The summed E-state index contributed by atoms with van der Waals surface area (Å²) in [5.41, 5.74) is 0.159. The summed E-state index contributed by atoms with van der Waals surface area (Å²) in [6.07, 6.45) is 0.910. The Kier molecular flexibility index (Phi) is 3.95. The maximum absolute atomic E-state index is 13.6. The van der Waals surface area contributed by atoms with E-state index in [1.165, 1.54) is 0 Å². The van der Waals surface area contributed by atoms with Crippen molar-refractivity contribution in [1.29, 1.82) is 0 Å². The minimum Gasteiger partial charge on any atom is -0.411 e. The van der Waals surface area contributed by atoms with Gasteiger partial charge in [0.05, 0.1) is 6.21 Å². The number of nitrogens with zero attached hydrogens (tertiary/aromatic N) is 2. The molecule has 0 saturated carbocycles. The fourth-order valence-corrected chi connectivity index (χ4v) is 1.45. The van der Waals surface area contributed by atoms with Gasteiger partial charge < -0.3 is 10.1 Å². The molecule has 0 aliphatic carbocycles. The van der Waals surface area contributed by atoms with Crippen LogP contribution in [0.5, 0.6) is 0 Å². The molecule has 1 aromatic rings. The zero-order valence-electron chi connectivity index (χ0n) is 9.41. The maximum Gasteiger partial charge on any atom is 0.132 e. The maximum atomic E-state index is 13.6. The SMILES string of the molecule is CC(c1c(F)ccc(F)c1/C=N/O)N(C)C. The number of rotatable bonds is 3. The minimum absolute atomic E-state index is 0.0244. The van der Waals surface area contributed by atoms with Crippen molar-refractivity contribution in [2.24, 2.45) is 5.16 Å². The summed E-state index contributed by atoms with van der Waals surface area (Å²) in [4.78, 5) is 1.74. The Labute approximate surface area is 93.0 Å². The number of hydrogen-bond acceptors (Lipinski definition) is 3. The van der Waals surface area contributed by atoms with Gasteiger partial charge in [0.15, 0.2) is 0 Å². The summed E-state index contributed by atoms with van der Waals surface area (Å²) in [7, 11) is 3.52. The Balaban J connectivity index is 3.39. The van der Waals surface area contributed by atoms with Crippen LogP contribution in [0.4, 0.5) is 8.78 Å². The van der Waals surface area contributed by atoms with Crippen molar-refractivity contribution >= 4 is 6.21 Å². The summed E-state index contributed by atoms with van der Waals surface area (Å²) in [6, 6.07) is 1.76. The lowest BCUT2D eigenvalue weighted by molar-refractivity contribution is 0.310. The van der Waals surface area contributed by atoms with Gasteiger partial charge in [0.25, 0.3) is 0 Å². The monoisotopic (exact) mass is 228 g/mol. The van der Waals surface area contributed by atoms with Crippen molar-refractivity contribution in [3.8, 4) is 0 Å². The molecular weight excluding hydrogens is 214 g/mol. The van der Waals surface area contributed by atoms with Gasteiger partial charge in [-0.25, -0.2) is 8.78 Å². The number of halogens is 2. The zero-order valence-corrected chi connectivity index (χ0v) is 9.41. The highest BCUT2D eigenvalue weighted by Gasteiger charge is 2.19. The van der Waals surface area contributed by atoms with E-state index in [0.29, 0.717) is 0 Å². The average Bonchev–Trinajstić information content (AvgIpc) is 2.23. The van der Waals surface area contributed by atoms with Gasteiger partial charge in [-0.05, 0) is 33.2 Å². The van der Waals surface area contributed by atoms with Crippen LogP contribution in [0.2, 0.25) is 0 Å². The van der Waals surface area contributed by atoms with Crippen molar-refractivity contribution in [2.75, 3.05) is 14.1 Å². The van der Waals surface area contributed by atoms with Crippen LogP contribution in [0, 0.1) is 11.6 Å². The Bertz CT molecular complexity index is 405. The summed E-state index contributed by atoms with van der Waals surface area (Å²) in [6.45, 7) is 1.74. The Hall–Kier alpha value is -1.49. The summed E-state index contributed by atoms with van der Waals surface area (Å²) in [5.74, 6) is -1.12. The molecule has 0 aliphatic heterocycles. The van der Waals surface area contributed by atoms with E-state index in [0.717, 1.165) is 18.3 Å². The van der Waals surface area contributed by atoms with Crippen LogP contribution < -0.4 is 0 Å². The van der Waals surface area contributed by atoms with Gasteiger partial charge in [0.2, 0.25) is 0 Å². The van der Waals surface area contributed by atoms with Crippen molar-refractivity contribution in [1.82, 2.24) is 4.90 Å². The van der Waals surface area contributed by atoms with Gasteiger partial charge in [-0.2, -0.15) is 0 Å². The van der Waals surface area contributed by atoms with Crippen LogP contribution in [-0.2, 0) is 0 Å². The first kappa shape index (κ1) is 12.6. The van der Waals surface area contributed by atoms with E-state index in [-0.39, 0.29) is 17.2 Å². The molecule has 0 spiro atoms. The second-order valence-electron chi connectivity index (χ2n) is 3.74. The second kappa shape index (κ2) is 5.03. The first-order valence-electron chi connectivity index (χ1n) is 4.80. The largest absolute Gasteiger partial charge is 0.411 e. The van der Waals surface area contributed by atoms with Gasteiger partial charge in [-0.3, -0.25) is 0 Å². The molecule has 1 N–H and O–H groups in total. The van der Waals surface area contributed by atoms with E-state index in [1.807, 2.05) is 0 Å². The van der Waals surface area contributed by atoms with Crippen LogP contribution >= 0.6 is 0 Å². The molecule has 0 bridgehead atoms. The molecule has 1 aromatic carbocycles. The summed E-state index contributed by atoms with van der Waals surface area (Å²) >= 11 is 0. The lowest BCUT2D eigenvalue weighted by Crippen LogP contribution is -2.20. The number of hydrogen-bond donors (Lipinski definition) is 1. The third kappa shape index (κ3) is 2.36. The molecule has 1 rings (SSSR count). The van der Waals surface area contributed by atoms with Crippen LogP contribution in [0.15, 0.2) is 17.3 Å². The molecule has 88 valence electrons. The molecule has 0 radical (unpaired) electrons. The molecular formula is C11H14F2N2O. The number of benzene rings is 1. The molecule has 0 aromatic heterocycles. The molecule has 0 saturated heterocycles. The molecule has 5 heteroatoms. The van der Waals surface area contributed by atoms with E-state index in [9.17, 15) is 8.78 Å². The third-order valence-corrected chi connectivity index (χ3v) is 2.56. The van der Waals surface area contributed by atoms with Crippen LogP contribution in [-0.4, -0.2) is 30.4 Å². The molecule has 0 fully saturated rings. The van der Waals surface area contributed by atoms with Crippen molar-refractivity contribution in [2.45, 2.75) is 13.0 Å². The van der Waals surface area contributed by atoms with Gasteiger partial charge in [-0.15, -0.1) is 0 Å². The molecule has 1 atom stereocenters.